The number of amides is 5. The number of Topliss-reactive ketones (excluding diaryl/α,β-unsaturated/α-hetero) is 1. The second kappa shape index (κ2) is 20.7. The van der Waals surface area contributed by atoms with Gasteiger partial charge in [0, 0.05) is 26.4 Å². The molecule has 2 aliphatic heterocycles. The van der Waals surface area contributed by atoms with Gasteiger partial charge in [0.25, 0.3) is 0 Å². The molecule has 0 saturated carbocycles. The molecule has 5 amide bonds. The predicted molar refractivity (Wildman–Crippen MR) is 168 cm³/mol. The SMILES string of the molecule is CC(=O)C(CCC(F)(F)F)NC(=O)C1C[C@@H](C)CN1C(=O)C(NC(=O)NCC(=O)OC1CCOC1)C(C)(C)C.CC(C)C.CNC=O. The zero-order valence-electron chi connectivity index (χ0n) is 29.0. The van der Waals surface area contributed by atoms with E-state index in [1.807, 2.05) is 6.92 Å². The van der Waals surface area contributed by atoms with Crippen molar-refractivity contribution in [3.05, 3.63) is 0 Å². The largest absolute Gasteiger partial charge is 0.459 e. The highest BCUT2D eigenvalue weighted by atomic mass is 19.4. The molecule has 4 unspecified atom stereocenters. The molecule has 13 nitrogen and oxygen atoms in total. The van der Waals surface area contributed by atoms with Crippen molar-refractivity contribution >= 4 is 36.0 Å². The van der Waals surface area contributed by atoms with Crippen molar-refractivity contribution < 1.29 is 51.4 Å². The van der Waals surface area contributed by atoms with Crippen LogP contribution < -0.4 is 21.3 Å². The summed E-state index contributed by atoms with van der Waals surface area (Å²) in [5.74, 6) is -1.86. The number of hydrogen-bond donors (Lipinski definition) is 4. The summed E-state index contributed by atoms with van der Waals surface area (Å²) in [6, 6.07) is -4.27. The van der Waals surface area contributed by atoms with Crippen LogP contribution in [0.1, 0.15) is 81.1 Å². The van der Waals surface area contributed by atoms with Crippen LogP contribution >= 0.6 is 0 Å². The maximum absolute atomic E-state index is 13.6. The highest BCUT2D eigenvalue weighted by Gasteiger charge is 2.44. The smallest absolute Gasteiger partial charge is 0.389 e. The lowest BCUT2D eigenvalue weighted by Crippen LogP contribution is -2.60. The summed E-state index contributed by atoms with van der Waals surface area (Å²) < 4.78 is 48.4. The number of halogens is 3. The van der Waals surface area contributed by atoms with Crippen molar-refractivity contribution in [3.63, 3.8) is 0 Å². The molecule has 5 atom stereocenters. The van der Waals surface area contributed by atoms with E-state index < -0.39 is 78.7 Å². The minimum atomic E-state index is -4.49. The Morgan fingerprint density at radius 2 is 1.64 bits per heavy atom. The van der Waals surface area contributed by atoms with E-state index in [1.54, 1.807) is 27.8 Å². The predicted octanol–water partition coefficient (Wildman–Crippen LogP) is 2.71. The topological polar surface area (TPSA) is 172 Å². The van der Waals surface area contributed by atoms with Gasteiger partial charge in [0.05, 0.1) is 19.3 Å². The number of urea groups is 1. The number of carbonyl (C=O) groups is 6. The van der Waals surface area contributed by atoms with E-state index in [0.717, 1.165) is 12.8 Å². The Labute approximate surface area is 275 Å². The van der Waals surface area contributed by atoms with Crippen LogP contribution in [0, 0.1) is 17.3 Å². The highest BCUT2D eigenvalue weighted by Crippen LogP contribution is 2.29. The number of hydrogen-bond acceptors (Lipinski definition) is 8. The summed E-state index contributed by atoms with van der Waals surface area (Å²) >= 11 is 0. The second-order valence-electron chi connectivity index (χ2n) is 13.4. The Morgan fingerprint density at radius 1 is 1.06 bits per heavy atom. The molecule has 2 fully saturated rings. The zero-order valence-corrected chi connectivity index (χ0v) is 29.0. The first-order chi connectivity index (χ1) is 21.6. The van der Waals surface area contributed by atoms with Gasteiger partial charge in [-0.1, -0.05) is 48.5 Å². The number of likely N-dealkylation sites (tertiary alicyclic amines) is 1. The molecule has 0 aromatic carbocycles. The quantitative estimate of drug-likeness (QED) is 0.190. The lowest BCUT2D eigenvalue weighted by Gasteiger charge is -2.35. The standard InChI is InChI=1S/C25H39F3N4O7.C4H10.C2H5NO/c1-14-10-18(21(35)30-17(15(2)33)6-8-25(26,27)28)32(12-14)22(36)20(24(3,4)5)31-23(37)29-11-19(34)39-16-7-9-38-13-16;1-4(2)3;1-3-2-4/h14,16-18,20H,6-13H2,1-5H3,(H,30,35)(H2,29,31,37);4H,1-3H3;2H,1H3,(H,3,4)/t14-,16?,17?,18?,20?;;/m1../s1. The van der Waals surface area contributed by atoms with Gasteiger partial charge < -0.3 is 35.6 Å². The van der Waals surface area contributed by atoms with Crippen molar-refractivity contribution in [1.29, 1.82) is 0 Å². The fourth-order valence-electron chi connectivity index (χ4n) is 4.47. The molecule has 0 aromatic rings. The Balaban J connectivity index is 0.00000236. The Morgan fingerprint density at radius 3 is 2.09 bits per heavy atom. The summed E-state index contributed by atoms with van der Waals surface area (Å²) in [5, 5.41) is 9.56. The first-order valence-electron chi connectivity index (χ1n) is 15.7. The van der Waals surface area contributed by atoms with Gasteiger partial charge in [-0.15, -0.1) is 0 Å². The molecule has 4 N–H and O–H groups in total. The lowest BCUT2D eigenvalue weighted by atomic mass is 9.85. The van der Waals surface area contributed by atoms with Gasteiger partial charge in [0.2, 0.25) is 18.2 Å². The third-order valence-electron chi connectivity index (χ3n) is 6.71. The van der Waals surface area contributed by atoms with E-state index in [9.17, 15) is 37.1 Å². The maximum Gasteiger partial charge on any atom is 0.389 e. The fourth-order valence-corrected chi connectivity index (χ4v) is 4.47. The minimum absolute atomic E-state index is 0.112. The van der Waals surface area contributed by atoms with Gasteiger partial charge in [-0.2, -0.15) is 13.2 Å². The van der Waals surface area contributed by atoms with Crippen molar-refractivity contribution in [1.82, 2.24) is 26.2 Å². The summed E-state index contributed by atoms with van der Waals surface area (Å²) in [6.07, 6.45) is -5.28. The first kappa shape index (κ1) is 43.6. The molecular formula is C31H54F3N5O8. The van der Waals surface area contributed by atoms with Crippen molar-refractivity contribution in [2.24, 2.45) is 17.3 Å². The Bertz CT molecular complexity index is 1030. The van der Waals surface area contributed by atoms with E-state index in [-0.39, 0.29) is 31.6 Å². The van der Waals surface area contributed by atoms with Gasteiger partial charge >= 0.3 is 18.2 Å². The number of rotatable bonds is 11. The van der Waals surface area contributed by atoms with Crippen LogP contribution in [0.3, 0.4) is 0 Å². The van der Waals surface area contributed by atoms with Crippen LogP contribution in [0.4, 0.5) is 18.0 Å². The first-order valence-corrected chi connectivity index (χ1v) is 15.7. The number of ether oxygens (including phenoxy) is 2. The number of carbonyl (C=O) groups excluding carboxylic acids is 6. The molecule has 0 aliphatic carbocycles. The summed E-state index contributed by atoms with van der Waals surface area (Å²) in [7, 11) is 1.56. The van der Waals surface area contributed by atoms with Gasteiger partial charge in [0.15, 0.2) is 5.78 Å². The van der Waals surface area contributed by atoms with Crippen LogP contribution in [-0.2, 0) is 33.4 Å². The van der Waals surface area contributed by atoms with E-state index in [2.05, 4.69) is 42.0 Å². The molecule has 0 radical (unpaired) electrons. The molecular weight excluding hydrogens is 627 g/mol. The van der Waals surface area contributed by atoms with Gasteiger partial charge in [0.1, 0.15) is 24.7 Å². The monoisotopic (exact) mass is 681 g/mol. The molecule has 16 heteroatoms. The average Bonchev–Trinajstić information content (AvgIpc) is 3.60. The maximum atomic E-state index is 13.6. The zero-order chi connectivity index (χ0) is 36.5. The molecule has 2 saturated heterocycles. The molecule has 0 spiro atoms. The van der Waals surface area contributed by atoms with Crippen LogP contribution in [0.5, 0.6) is 0 Å². The fraction of sp³-hybridized carbons (Fsp3) is 0.806. The lowest BCUT2D eigenvalue weighted by molar-refractivity contribution is -0.147. The van der Waals surface area contributed by atoms with Gasteiger partial charge in [-0.05, 0) is 37.0 Å². The van der Waals surface area contributed by atoms with Crippen molar-refractivity contribution in [2.45, 2.75) is 111 Å². The second-order valence-corrected chi connectivity index (χ2v) is 13.4. The number of esters is 1. The highest BCUT2D eigenvalue weighted by molar-refractivity contribution is 5.95. The molecule has 0 bridgehead atoms. The third-order valence-corrected chi connectivity index (χ3v) is 6.71. The summed E-state index contributed by atoms with van der Waals surface area (Å²) in [4.78, 5) is 73.5. The average molecular weight is 682 g/mol. The van der Waals surface area contributed by atoms with Crippen LogP contribution in [0.2, 0.25) is 0 Å². The number of ketones is 1. The van der Waals surface area contributed by atoms with Gasteiger partial charge in [-0.25, -0.2) is 4.79 Å². The van der Waals surface area contributed by atoms with Crippen LogP contribution in [0.25, 0.3) is 0 Å². The third kappa shape index (κ3) is 18.5. The summed E-state index contributed by atoms with van der Waals surface area (Å²) in [6.45, 7) is 15.1. The van der Waals surface area contributed by atoms with E-state index in [4.69, 9.17) is 14.3 Å². The van der Waals surface area contributed by atoms with Crippen LogP contribution in [-0.4, -0.2) is 105 Å². The molecule has 2 aliphatic rings. The summed E-state index contributed by atoms with van der Waals surface area (Å²) in [5.41, 5.74) is -0.808. The molecule has 2 heterocycles. The Hall–Kier alpha value is -3.43. The van der Waals surface area contributed by atoms with Crippen LogP contribution in [0.15, 0.2) is 0 Å². The number of nitrogens with one attached hydrogen (secondary N) is 4. The Kier molecular flexibility index (Phi) is 19.2. The molecule has 2 rings (SSSR count). The molecule has 272 valence electrons. The molecule has 0 aromatic heterocycles. The van der Waals surface area contributed by atoms with Crippen molar-refractivity contribution in [3.8, 4) is 0 Å². The number of nitrogens with zero attached hydrogens (tertiary/aromatic N) is 1. The van der Waals surface area contributed by atoms with E-state index in [0.29, 0.717) is 19.4 Å². The minimum Gasteiger partial charge on any atom is -0.459 e. The molecule has 47 heavy (non-hydrogen) atoms. The van der Waals surface area contributed by atoms with Gasteiger partial charge in [-0.3, -0.25) is 24.0 Å². The van der Waals surface area contributed by atoms with E-state index in [1.165, 1.54) is 4.90 Å². The number of alkyl halides is 3. The van der Waals surface area contributed by atoms with Crippen molar-refractivity contribution in [2.75, 3.05) is 33.4 Å². The normalized spacial score (nSPS) is 20.4. The van der Waals surface area contributed by atoms with E-state index >= 15 is 0 Å².